The van der Waals surface area contributed by atoms with Crippen LogP contribution in [0.4, 0.5) is 0 Å². The van der Waals surface area contributed by atoms with Crippen LogP contribution in [-0.2, 0) is 11.8 Å². The highest BCUT2D eigenvalue weighted by Gasteiger charge is 2.22. The fraction of sp³-hybridized carbons (Fsp3) is 0.600. The van der Waals surface area contributed by atoms with Gasteiger partial charge < -0.3 is 4.42 Å². The molecule has 0 unspecified atom stereocenters. The Hall–Kier alpha value is -1.38. The van der Waals surface area contributed by atoms with Crippen LogP contribution >= 0.6 is 0 Å². The van der Waals surface area contributed by atoms with E-state index in [0.29, 0.717) is 0 Å². The Balaban J connectivity index is 2.40. The van der Waals surface area contributed by atoms with Crippen molar-refractivity contribution < 1.29 is 4.42 Å². The molecular formula is C15H22N2O. The summed E-state index contributed by atoms with van der Waals surface area (Å²) in [7, 11) is 0. The van der Waals surface area contributed by atoms with Crippen LogP contribution in [-0.4, -0.2) is 9.97 Å². The monoisotopic (exact) mass is 246 g/mol. The lowest BCUT2D eigenvalue weighted by atomic mass is 9.90. The largest absolute Gasteiger partial charge is 0.438 e. The number of fused-ring (bicyclic) bond motifs is 1. The molecule has 0 aliphatic rings. The molecule has 0 saturated carbocycles. The molecule has 0 atom stereocenters. The fourth-order valence-electron chi connectivity index (χ4n) is 1.82. The molecule has 0 radical (unpaired) electrons. The first-order valence-corrected chi connectivity index (χ1v) is 6.42. The minimum atomic E-state index is -0.0785. The molecule has 2 rings (SSSR count). The third kappa shape index (κ3) is 2.89. The highest BCUT2D eigenvalue weighted by Crippen LogP contribution is 2.26. The molecule has 2 aromatic heterocycles. The Morgan fingerprint density at radius 1 is 1.00 bits per heavy atom. The summed E-state index contributed by atoms with van der Waals surface area (Å²) in [5.41, 5.74) is 2.73. The fourth-order valence-corrected chi connectivity index (χ4v) is 1.82. The molecule has 3 nitrogen and oxygen atoms in total. The summed E-state index contributed by atoms with van der Waals surface area (Å²) in [6, 6.07) is 4.01. The first kappa shape index (κ1) is 13.1. The normalized spacial score (nSPS) is 13.2. The summed E-state index contributed by atoms with van der Waals surface area (Å²) < 4.78 is 5.74. The summed E-state index contributed by atoms with van der Waals surface area (Å²) in [6.45, 7) is 12.9. The van der Waals surface area contributed by atoms with Gasteiger partial charge in [-0.15, -0.1) is 0 Å². The zero-order valence-electron chi connectivity index (χ0n) is 12.2. The van der Waals surface area contributed by atoms with Gasteiger partial charge in [-0.2, -0.15) is 4.98 Å². The predicted molar refractivity (Wildman–Crippen MR) is 73.7 cm³/mol. The average molecular weight is 246 g/mol. The van der Waals surface area contributed by atoms with Crippen molar-refractivity contribution in [3.63, 3.8) is 0 Å². The Kier molecular flexibility index (Phi) is 2.96. The molecular weight excluding hydrogens is 224 g/mol. The van der Waals surface area contributed by atoms with E-state index in [1.54, 1.807) is 0 Å². The minimum Gasteiger partial charge on any atom is -0.438 e. The van der Waals surface area contributed by atoms with Crippen molar-refractivity contribution in [1.29, 1.82) is 0 Å². The first-order chi connectivity index (χ1) is 8.15. The van der Waals surface area contributed by atoms with E-state index in [1.807, 2.05) is 12.1 Å². The number of nitrogens with zero attached hydrogens (tertiary/aromatic N) is 2. The maximum absolute atomic E-state index is 5.74. The Morgan fingerprint density at radius 3 is 2.22 bits per heavy atom. The number of oxazole rings is 1. The molecule has 98 valence electrons. The predicted octanol–water partition coefficient (Wildman–Crippen LogP) is 4.11. The summed E-state index contributed by atoms with van der Waals surface area (Å²) in [4.78, 5) is 9.09. The van der Waals surface area contributed by atoms with Gasteiger partial charge in [0, 0.05) is 11.1 Å². The van der Waals surface area contributed by atoms with E-state index in [-0.39, 0.29) is 10.8 Å². The van der Waals surface area contributed by atoms with Gasteiger partial charge in [0.15, 0.2) is 11.2 Å². The molecule has 18 heavy (non-hydrogen) atoms. The summed E-state index contributed by atoms with van der Waals surface area (Å²) in [5, 5.41) is 0. The lowest BCUT2D eigenvalue weighted by Gasteiger charge is -2.16. The van der Waals surface area contributed by atoms with Gasteiger partial charge in [0.05, 0.1) is 0 Å². The highest BCUT2D eigenvalue weighted by atomic mass is 16.3. The third-order valence-electron chi connectivity index (χ3n) is 2.66. The van der Waals surface area contributed by atoms with Gasteiger partial charge in [-0.05, 0) is 24.0 Å². The third-order valence-corrected chi connectivity index (χ3v) is 2.66. The zero-order valence-corrected chi connectivity index (χ0v) is 12.2. The smallest absolute Gasteiger partial charge is 0.202 e. The quantitative estimate of drug-likeness (QED) is 0.760. The maximum Gasteiger partial charge on any atom is 0.202 e. The number of hydrogen-bond acceptors (Lipinski definition) is 3. The van der Waals surface area contributed by atoms with Gasteiger partial charge in [-0.3, -0.25) is 0 Å². The van der Waals surface area contributed by atoms with Crippen LogP contribution in [0.5, 0.6) is 0 Å². The topological polar surface area (TPSA) is 38.9 Å². The van der Waals surface area contributed by atoms with E-state index in [9.17, 15) is 0 Å². The first-order valence-electron chi connectivity index (χ1n) is 6.42. The Morgan fingerprint density at radius 2 is 1.67 bits per heavy atom. The van der Waals surface area contributed by atoms with Crippen molar-refractivity contribution in [1.82, 2.24) is 9.97 Å². The maximum atomic E-state index is 5.74. The molecule has 0 N–H and O–H groups in total. The van der Waals surface area contributed by atoms with Crippen LogP contribution in [0.3, 0.4) is 0 Å². The number of aromatic nitrogens is 2. The summed E-state index contributed by atoms with van der Waals surface area (Å²) in [6.07, 6.45) is 0.945. The highest BCUT2D eigenvalue weighted by molar-refractivity contribution is 5.67. The molecule has 3 heteroatoms. The van der Waals surface area contributed by atoms with Gasteiger partial charge in [-0.25, -0.2) is 4.98 Å². The molecule has 0 aliphatic carbocycles. The second kappa shape index (κ2) is 4.08. The molecule has 0 spiro atoms. The Bertz CT molecular complexity index is 556. The second-order valence-electron chi connectivity index (χ2n) is 7.13. The van der Waals surface area contributed by atoms with Crippen LogP contribution in [0.2, 0.25) is 0 Å². The number of hydrogen-bond donors (Lipinski definition) is 0. The van der Waals surface area contributed by atoms with E-state index < -0.39 is 0 Å². The molecule has 0 aromatic carbocycles. The van der Waals surface area contributed by atoms with Gasteiger partial charge in [0.25, 0.3) is 0 Å². The van der Waals surface area contributed by atoms with Gasteiger partial charge >= 0.3 is 0 Å². The van der Waals surface area contributed by atoms with Gasteiger partial charge in [-0.1, -0.05) is 41.5 Å². The van der Waals surface area contributed by atoms with Crippen LogP contribution in [0, 0.1) is 5.41 Å². The van der Waals surface area contributed by atoms with Crippen molar-refractivity contribution in [3.8, 4) is 0 Å². The van der Waals surface area contributed by atoms with Crippen molar-refractivity contribution in [3.05, 3.63) is 23.7 Å². The van der Waals surface area contributed by atoms with Crippen molar-refractivity contribution >= 4 is 11.2 Å². The molecule has 0 bridgehead atoms. The average Bonchev–Trinajstić information content (AvgIpc) is 2.57. The molecule has 2 aromatic rings. The van der Waals surface area contributed by atoms with Crippen LogP contribution in [0.15, 0.2) is 16.5 Å². The van der Waals surface area contributed by atoms with Crippen LogP contribution in [0.1, 0.15) is 53.1 Å². The van der Waals surface area contributed by atoms with Crippen molar-refractivity contribution in [2.75, 3.05) is 0 Å². The van der Waals surface area contributed by atoms with Crippen molar-refractivity contribution in [2.24, 2.45) is 5.41 Å². The van der Waals surface area contributed by atoms with Crippen molar-refractivity contribution in [2.45, 2.75) is 53.4 Å². The Labute approximate surface area is 109 Å². The van der Waals surface area contributed by atoms with Gasteiger partial charge in [0.1, 0.15) is 0 Å². The van der Waals surface area contributed by atoms with E-state index in [4.69, 9.17) is 4.42 Å². The zero-order chi connectivity index (χ0) is 13.6. The molecule has 0 aliphatic heterocycles. The molecule has 0 fully saturated rings. The number of rotatable bonds is 1. The van der Waals surface area contributed by atoms with E-state index in [2.05, 4.69) is 51.5 Å². The molecule has 0 amide bonds. The summed E-state index contributed by atoms with van der Waals surface area (Å²) in [5.74, 6) is 0.748. The second-order valence-corrected chi connectivity index (χ2v) is 7.13. The van der Waals surface area contributed by atoms with Crippen LogP contribution in [0.25, 0.3) is 11.2 Å². The molecule has 0 saturated heterocycles. The lowest BCUT2D eigenvalue weighted by molar-refractivity contribution is 0.406. The molecule has 2 heterocycles. The lowest BCUT2D eigenvalue weighted by Crippen LogP contribution is -2.11. The van der Waals surface area contributed by atoms with E-state index >= 15 is 0 Å². The summed E-state index contributed by atoms with van der Waals surface area (Å²) >= 11 is 0. The number of pyridine rings is 1. The van der Waals surface area contributed by atoms with E-state index in [1.165, 1.54) is 0 Å². The van der Waals surface area contributed by atoms with Crippen LogP contribution < -0.4 is 0 Å². The standard InChI is InChI=1S/C15H22N2O/c1-14(2,3)9-10-7-8-11-12(16-10)17-13(18-11)15(4,5)6/h7-8H,9H2,1-6H3. The van der Waals surface area contributed by atoms with E-state index in [0.717, 1.165) is 29.2 Å². The van der Waals surface area contributed by atoms with Gasteiger partial charge in [0.2, 0.25) is 5.89 Å². The SMILES string of the molecule is CC(C)(C)Cc1ccc2oc(C(C)(C)C)nc2n1. The minimum absolute atomic E-state index is 0.0785.